The number of hydrogen-bond donors (Lipinski definition) is 0. The van der Waals surface area contributed by atoms with Crippen LogP contribution in [-0.2, 0) is 8.85 Å². The van der Waals surface area contributed by atoms with Crippen molar-refractivity contribution in [3.8, 4) is 0 Å². The highest BCUT2D eigenvalue weighted by atomic mass is 28.4. The van der Waals surface area contributed by atoms with Crippen molar-refractivity contribution in [3.05, 3.63) is 29.8 Å². The largest absolute Gasteiger partial charge is 0.391 e. The number of benzene rings is 1. The van der Waals surface area contributed by atoms with Crippen LogP contribution in [-0.4, -0.2) is 21.8 Å². The van der Waals surface area contributed by atoms with Gasteiger partial charge in [0, 0.05) is 13.2 Å². The molecule has 0 amide bonds. The Labute approximate surface area is 106 Å². The van der Waals surface area contributed by atoms with Crippen molar-refractivity contribution in [2.45, 2.75) is 40.2 Å². The topological polar surface area (TPSA) is 18.5 Å². The lowest BCUT2D eigenvalue weighted by Gasteiger charge is -2.28. The monoisotopic (exact) mass is 252 g/mol. The number of rotatable bonds is 7. The van der Waals surface area contributed by atoms with Crippen molar-refractivity contribution in [2.24, 2.45) is 0 Å². The third-order valence-electron chi connectivity index (χ3n) is 2.80. The van der Waals surface area contributed by atoms with Gasteiger partial charge in [-0.3, -0.25) is 0 Å². The Hall–Kier alpha value is -0.643. The molecule has 0 aromatic heterocycles. The van der Waals surface area contributed by atoms with Gasteiger partial charge < -0.3 is 8.85 Å². The first-order chi connectivity index (χ1) is 8.14. The quantitative estimate of drug-likeness (QED) is 0.694. The molecule has 0 radical (unpaired) electrons. The van der Waals surface area contributed by atoms with E-state index in [9.17, 15) is 0 Å². The maximum absolute atomic E-state index is 6.06. The third-order valence-corrected chi connectivity index (χ3v) is 5.85. The molecule has 1 rings (SSSR count). The molecule has 0 bridgehead atoms. The highest BCUT2D eigenvalue weighted by Crippen LogP contribution is 2.12. The van der Waals surface area contributed by atoms with Crippen LogP contribution in [0, 0.1) is 6.92 Å². The van der Waals surface area contributed by atoms with Gasteiger partial charge in [0.25, 0.3) is 0 Å². The van der Waals surface area contributed by atoms with Gasteiger partial charge in [-0.2, -0.15) is 0 Å². The first kappa shape index (κ1) is 14.4. The van der Waals surface area contributed by atoms with Gasteiger partial charge in [0.15, 0.2) is 0 Å². The SMILES string of the molecule is CCCO[Si](C)(OCCC)c1ccccc1C. The molecule has 0 saturated heterocycles. The first-order valence-corrected chi connectivity index (χ1v) is 8.79. The van der Waals surface area contributed by atoms with Gasteiger partial charge in [0.1, 0.15) is 0 Å². The Bertz CT molecular complexity index is 331. The van der Waals surface area contributed by atoms with Crippen molar-refractivity contribution in [3.63, 3.8) is 0 Å². The molecule has 0 N–H and O–H groups in total. The van der Waals surface area contributed by atoms with Gasteiger partial charge in [-0.1, -0.05) is 38.1 Å². The van der Waals surface area contributed by atoms with E-state index in [4.69, 9.17) is 8.85 Å². The summed E-state index contributed by atoms with van der Waals surface area (Å²) in [6, 6.07) is 8.41. The molecule has 0 saturated carbocycles. The summed E-state index contributed by atoms with van der Waals surface area (Å²) in [6.07, 6.45) is 2.06. The molecule has 0 aliphatic heterocycles. The van der Waals surface area contributed by atoms with E-state index in [1.54, 1.807) is 0 Å². The molecule has 2 nitrogen and oxygen atoms in total. The van der Waals surface area contributed by atoms with Crippen LogP contribution >= 0.6 is 0 Å². The minimum absolute atomic E-state index is 0.779. The van der Waals surface area contributed by atoms with E-state index in [-0.39, 0.29) is 0 Å². The molecule has 0 unspecified atom stereocenters. The number of hydrogen-bond acceptors (Lipinski definition) is 2. The summed E-state index contributed by atoms with van der Waals surface area (Å²) in [5, 5.41) is 1.27. The molecule has 17 heavy (non-hydrogen) atoms. The van der Waals surface area contributed by atoms with Gasteiger partial charge in [-0.05, 0) is 37.1 Å². The molecule has 0 heterocycles. The van der Waals surface area contributed by atoms with Gasteiger partial charge in [0.2, 0.25) is 0 Å². The second kappa shape index (κ2) is 6.94. The van der Waals surface area contributed by atoms with Crippen molar-refractivity contribution >= 4 is 13.7 Å². The predicted molar refractivity (Wildman–Crippen MR) is 74.9 cm³/mol. The molecule has 0 atom stereocenters. The Morgan fingerprint density at radius 3 is 2.00 bits per heavy atom. The Morgan fingerprint density at radius 1 is 1.00 bits per heavy atom. The summed E-state index contributed by atoms with van der Waals surface area (Å²) in [6.45, 7) is 10.1. The van der Waals surface area contributed by atoms with Crippen LogP contribution in [0.5, 0.6) is 0 Å². The normalized spacial score (nSPS) is 11.8. The van der Waals surface area contributed by atoms with Crippen LogP contribution in [0.3, 0.4) is 0 Å². The fourth-order valence-electron chi connectivity index (χ4n) is 1.87. The van der Waals surface area contributed by atoms with E-state index in [1.807, 2.05) is 0 Å². The molecule has 0 aliphatic carbocycles. The van der Waals surface area contributed by atoms with Crippen LogP contribution in [0.4, 0.5) is 0 Å². The molecular formula is C14H24O2Si. The molecule has 0 aliphatic rings. The molecular weight excluding hydrogens is 228 g/mol. The maximum Gasteiger partial charge on any atom is 0.369 e. The second-order valence-corrected chi connectivity index (χ2v) is 7.46. The highest BCUT2D eigenvalue weighted by molar-refractivity contribution is 6.80. The molecule has 0 spiro atoms. The Morgan fingerprint density at radius 2 is 1.53 bits per heavy atom. The van der Waals surface area contributed by atoms with Crippen LogP contribution in [0.25, 0.3) is 0 Å². The van der Waals surface area contributed by atoms with Crippen molar-refractivity contribution < 1.29 is 8.85 Å². The average molecular weight is 252 g/mol. The molecule has 1 aromatic rings. The fraction of sp³-hybridized carbons (Fsp3) is 0.571. The zero-order valence-corrected chi connectivity index (χ0v) is 12.5. The Balaban J connectivity index is 2.92. The summed E-state index contributed by atoms with van der Waals surface area (Å²) in [4.78, 5) is 0. The summed E-state index contributed by atoms with van der Waals surface area (Å²) in [5.41, 5.74) is 1.27. The zero-order valence-electron chi connectivity index (χ0n) is 11.5. The van der Waals surface area contributed by atoms with Gasteiger partial charge in [-0.15, -0.1) is 0 Å². The van der Waals surface area contributed by atoms with Crippen molar-refractivity contribution in [1.29, 1.82) is 0 Å². The van der Waals surface area contributed by atoms with E-state index in [1.165, 1.54) is 10.8 Å². The van der Waals surface area contributed by atoms with Crippen LogP contribution in [0.1, 0.15) is 32.3 Å². The van der Waals surface area contributed by atoms with Gasteiger partial charge in [0.05, 0.1) is 0 Å². The van der Waals surface area contributed by atoms with Gasteiger partial charge >= 0.3 is 8.56 Å². The summed E-state index contributed by atoms with van der Waals surface area (Å²) >= 11 is 0. The minimum atomic E-state index is -2.21. The van der Waals surface area contributed by atoms with E-state index >= 15 is 0 Å². The maximum atomic E-state index is 6.06. The van der Waals surface area contributed by atoms with E-state index < -0.39 is 8.56 Å². The molecule has 1 aromatic carbocycles. The first-order valence-electron chi connectivity index (χ1n) is 6.48. The highest BCUT2D eigenvalue weighted by Gasteiger charge is 2.35. The van der Waals surface area contributed by atoms with Gasteiger partial charge in [-0.25, -0.2) is 0 Å². The van der Waals surface area contributed by atoms with Crippen LogP contribution in [0.15, 0.2) is 24.3 Å². The molecule has 0 fully saturated rings. The third kappa shape index (κ3) is 3.94. The lowest BCUT2D eigenvalue weighted by molar-refractivity contribution is 0.185. The van der Waals surface area contributed by atoms with Crippen molar-refractivity contribution in [1.82, 2.24) is 0 Å². The Kier molecular flexibility index (Phi) is 5.89. The smallest absolute Gasteiger partial charge is 0.369 e. The standard InChI is InChI=1S/C14H24O2Si/c1-5-11-15-17(4,16-12-6-2)14-10-8-7-9-13(14)3/h7-10H,5-6,11-12H2,1-4H3. The van der Waals surface area contributed by atoms with E-state index in [0.717, 1.165) is 26.1 Å². The lowest BCUT2D eigenvalue weighted by Crippen LogP contribution is -2.52. The van der Waals surface area contributed by atoms with Crippen LogP contribution in [0.2, 0.25) is 6.55 Å². The van der Waals surface area contributed by atoms with Crippen LogP contribution < -0.4 is 5.19 Å². The molecule has 3 heteroatoms. The summed E-state index contributed by atoms with van der Waals surface area (Å²) < 4.78 is 12.1. The minimum Gasteiger partial charge on any atom is -0.391 e. The average Bonchev–Trinajstić information content (AvgIpc) is 2.34. The fourth-order valence-corrected chi connectivity index (χ4v) is 4.65. The summed E-state index contributed by atoms with van der Waals surface area (Å²) in [5.74, 6) is 0. The van der Waals surface area contributed by atoms with Crippen molar-refractivity contribution in [2.75, 3.05) is 13.2 Å². The zero-order chi connectivity index (χ0) is 12.7. The predicted octanol–water partition coefficient (Wildman–Crippen LogP) is 3.13. The second-order valence-electron chi connectivity index (χ2n) is 4.46. The van der Waals surface area contributed by atoms with E-state index in [2.05, 4.69) is 51.6 Å². The van der Waals surface area contributed by atoms with E-state index in [0.29, 0.717) is 0 Å². The number of aryl methyl sites for hydroxylation is 1. The molecule has 96 valence electrons. The summed E-state index contributed by atoms with van der Waals surface area (Å²) in [7, 11) is -2.21. The lowest BCUT2D eigenvalue weighted by atomic mass is 10.2.